The van der Waals surface area contributed by atoms with Gasteiger partial charge in [-0.2, -0.15) is 0 Å². The van der Waals surface area contributed by atoms with E-state index in [1.807, 2.05) is 0 Å². The number of esters is 1. The molecule has 0 aromatic carbocycles. The van der Waals surface area contributed by atoms with Crippen molar-refractivity contribution < 1.29 is 19.0 Å². The van der Waals surface area contributed by atoms with Crippen LogP contribution >= 0.6 is 11.3 Å². The second-order valence-corrected chi connectivity index (χ2v) is 5.97. The first-order valence-electron chi connectivity index (χ1n) is 7.02. The van der Waals surface area contributed by atoms with Gasteiger partial charge < -0.3 is 25.3 Å². The van der Waals surface area contributed by atoms with Crippen LogP contribution in [0.3, 0.4) is 0 Å². The molecule has 1 aliphatic rings. The number of rotatable bonds is 6. The molecular weight excluding hydrogens is 292 g/mol. The molecule has 0 bridgehead atoms. The Labute approximate surface area is 128 Å². The highest BCUT2D eigenvalue weighted by atomic mass is 32.1. The lowest BCUT2D eigenvalue weighted by Gasteiger charge is -2.17. The van der Waals surface area contributed by atoms with Crippen LogP contribution in [0.1, 0.15) is 29.4 Å². The minimum atomic E-state index is -0.445. The number of thiophene rings is 1. The zero-order valence-corrected chi connectivity index (χ0v) is 13.4. The number of anilines is 2. The molecule has 118 valence electrons. The molecule has 6 nitrogen and oxygen atoms in total. The van der Waals surface area contributed by atoms with Crippen LogP contribution in [-0.2, 0) is 9.47 Å². The van der Waals surface area contributed by atoms with Crippen molar-refractivity contribution in [3.05, 3.63) is 4.88 Å². The van der Waals surface area contributed by atoms with E-state index in [2.05, 4.69) is 12.2 Å². The van der Waals surface area contributed by atoms with E-state index in [1.165, 1.54) is 25.6 Å². The first-order valence-corrected chi connectivity index (χ1v) is 7.84. The Balaban J connectivity index is 2.10. The van der Waals surface area contributed by atoms with Gasteiger partial charge in [0.25, 0.3) is 0 Å². The van der Waals surface area contributed by atoms with Gasteiger partial charge in [-0.25, -0.2) is 4.79 Å². The van der Waals surface area contributed by atoms with Crippen molar-refractivity contribution in [2.24, 2.45) is 5.92 Å². The fourth-order valence-electron chi connectivity index (χ4n) is 2.59. The first-order chi connectivity index (χ1) is 10.1. The van der Waals surface area contributed by atoms with Crippen LogP contribution in [0.4, 0.5) is 10.7 Å². The molecule has 0 aliphatic carbocycles. The molecule has 7 heteroatoms. The van der Waals surface area contributed by atoms with Gasteiger partial charge in [0.05, 0.1) is 20.3 Å². The zero-order valence-electron chi connectivity index (χ0n) is 12.6. The molecule has 2 unspecified atom stereocenters. The van der Waals surface area contributed by atoms with Gasteiger partial charge in [-0.05, 0) is 12.8 Å². The molecular formula is C14H22N2O4S. The van der Waals surface area contributed by atoms with Gasteiger partial charge in [-0.15, -0.1) is 11.3 Å². The third kappa shape index (κ3) is 3.24. The van der Waals surface area contributed by atoms with Crippen LogP contribution in [0.15, 0.2) is 0 Å². The van der Waals surface area contributed by atoms with Crippen molar-refractivity contribution in [3.8, 4) is 5.75 Å². The van der Waals surface area contributed by atoms with Crippen molar-refractivity contribution >= 4 is 28.0 Å². The van der Waals surface area contributed by atoms with E-state index in [0.29, 0.717) is 28.3 Å². The van der Waals surface area contributed by atoms with Crippen LogP contribution in [0.2, 0.25) is 0 Å². The number of methoxy groups -OCH3 is 2. The quantitative estimate of drug-likeness (QED) is 0.784. The highest BCUT2D eigenvalue weighted by Gasteiger charge is 2.28. The maximum Gasteiger partial charge on any atom is 0.350 e. The summed E-state index contributed by atoms with van der Waals surface area (Å²) in [5.41, 5.74) is 6.27. The minimum absolute atomic E-state index is 0.292. The fraction of sp³-hybridized carbons (Fsp3) is 0.643. The zero-order chi connectivity index (χ0) is 15.4. The predicted molar refractivity (Wildman–Crippen MR) is 83.3 cm³/mol. The summed E-state index contributed by atoms with van der Waals surface area (Å²) in [6, 6.07) is 0. The molecule has 1 saturated heterocycles. The highest BCUT2D eigenvalue weighted by molar-refractivity contribution is 7.19. The summed E-state index contributed by atoms with van der Waals surface area (Å²) in [4.78, 5) is 12.0. The molecule has 1 fully saturated rings. The molecule has 0 radical (unpaired) electrons. The lowest BCUT2D eigenvalue weighted by atomic mass is 10.00. The number of nitrogen functional groups attached to an aromatic ring is 1. The summed E-state index contributed by atoms with van der Waals surface area (Å²) in [5, 5.41) is 4.10. The van der Waals surface area contributed by atoms with E-state index >= 15 is 0 Å². The van der Waals surface area contributed by atoms with Crippen molar-refractivity contribution in [2.45, 2.75) is 25.9 Å². The van der Waals surface area contributed by atoms with Gasteiger partial charge in [-0.3, -0.25) is 0 Å². The Morgan fingerprint density at radius 1 is 1.52 bits per heavy atom. The largest absolute Gasteiger partial charge is 0.492 e. The molecule has 1 aromatic rings. The van der Waals surface area contributed by atoms with Gasteiger partial charge in [0.1, 0.15) is 15.6 Å². The van der Waals surface area contributed by atoms with Crippen molar-refractivity contribution in [3.63, 3.8) is 0 Å². The van der Waals surface area contributed by atoms with E-state index in [0.717, 1.165) is 31.0 Å². The number of nitrogens with two attached hydrogens (primary N) is 1. The molecule has 3 N–H and O–H groups in total. The summed E-state index contributed by atoms with van der Waals surface area (Å²) in [6.45, 7) is 3.71. The normalized spacial score (nSPS) is 21.3. The maximum atomic E-state index is 11.7. The van der Waals surface area contributed by atoms with Crippen molar-refractivity contribution in [2.75, 3.05) is 38.4 Å². The van der Waals surface area contributed by atoms with Crippen molar-refractivity contribution in [1.29, 1.82) is 0 Å². The highest BCUT2D eigenvalue weighted by Crippen LogP contribution is 2.43. The predicted octanol–water partition coefficient (Wildman–Crippen LogP) is 2.35. The Kier molecular flexibility index (Phi) is 5.30. The van der Waals surface area contributed by atoms with E-state index < -0.39 is 5.97 Å². The van der Waals surface area contributed by atoms with Gasteiger partial charge in [-0.1, -0.05) is 6.92 Å². The van der Waals surface area contributed by atoms with E-state index in [1.54, 1.807) is 0 Å². The summed E-state index contributed by atoms with van der Waals surface area (Å²) in [5.74, 6) is 0.524. The lowest BCUT2D eigenvalue weighted by molar-refractivity contribution is 0.0607. The molecule has 0 saturated carbocycles. The number of hydrogen-bond donors (Lipinski definition) is 2. The molecule has 1 aliphatic heterocycles. The molecule has 2 heterocycles. The number of hydrogen-bond acceptors (Lipinski definition) is 7. The molecule has 21 heavy (non-hydrogen) atoms. The van der Waals surface area contributed by atoms with Gasteiger partial charge in [0.2, 0.25) is 0 Å². The molecule has 0 amide bonds. The second kappa shape index (κ2) is 7.00. The summed E-state index contributed by atoms with van der Waals surface area (Å²) >= 11 is 1.26. The second-order valence-electron chi connectivity index (χ2n) is 4.95. The first kappa shape index (κ1) is 15.9. The summed E-state index contributed by atoms with van der Waals surface area (Å²) in [6.07, 6.45) is 2.34. The fourth-order valence-corrected chi connectivity index (χ4v) is 3.61. The summed E-state index contributed by atoms with van der Waals surface area (Å²) < 4.78 is 15.7. The Hall–Kier alpha value is -1.47. The Morgan fingerprint density at radius 2 is 2.29 bits per heavy atom. The SMILES string of the molecule is CCC1OCCC1CNc1sc(C(=O)OC)c(N)c1OC. The van der Waals surface area contributed by atoms with Gasteiger partial charge >= 0.3 is 5.97 Å². The number of carbonyl (C=O) groups is 1. The van der Waals surface area contributed by atoms with Crippen LogP contribution in [0, 0.1) is 5.92 Å². The van der Waals surface area contributed by atoms with Crippen LogP contribution in [0.25, 0.3) is 0 Å². The molecule has 1 aromatic heterocycles. The molecule has 2 atom stereocenters. The van der Waals surface area contributed by atoms with E-state index in [4.69, 9.17) is 19.9 Å². The maximum absolute atomic E-state index is 11.7. The topological polar surface area (TPSA) is 82.8 Å². The minimum Gasteiger partial charge on any atom is -0.492 e. The number of ether oxygens (including phenoxy) is 3. The van der Waals surface area contributed by atoms with Gasteiger partial charge in [0, 0.05) is 19.1 Å². The third-order valence-corrected chi connectivity index (χ3v) is 4.87. The lowest BCUT2D eigenvalue weighted by Crippen LogP contribution is -2.22. The Bertz CT molecular complexity index is 503. The van der Waals surface area contributed by atoms with Crippen LogP contribution in [-0.4, -0.2) is 39.4 Å². The average Bonchev–Trinajstić information content (AvgIpc) is 3.07. The van der Waals surface area contributed by atoms with Crippen LogP contribution < -0.4 is 15.8 Å². The Morgan fingerprint density at radius 3 is 2.90 bits per heavy atom. The number of carbonyl (C=O) groups excluding carboxylic acids is 1. The van der Waals surface area contributed by atoms with Gasteiger partial charge in [0.15, 0.2) is 5.75 Å². The monoisotopic (exact) mass is 314 g/mol. The standard InChI is InChI=1S/C14H22N2O4S/c1-4-9-8(5-6-20-9)7-16-13-11(18-2)10(15)12(21-13)14(17)19-3/h8-9,16H,4-7,15H2,1-3H3. The molecule has 2 rings (SSSR count). The van der Waals surface area contributed by atoms with Crippen LogP contribution in [0.5, 0.6) is 5.75 Å². The molecule has 0 spiro atoms. The third-order valence-electron chi connectivity index (χ3n) is 3.75. The van der Waals surface area contributed by atoms with E-state index in [-0.39, 0.29) is 0 Å². The average molecular weight is 314 g/mol. The smallest absolute Gasteiger partial charge is 0.350 e. The summed E-state index contributed by atoms with van der Waals surface area (Å²) in [7, 11) is 2.88. The number of nitrogens with one attached hydrogen (secondary N) is 1. The van der Waals surface area contributed by atoms with Crippen molar-refractivity contribution in [1.82, 2.24) is 0 Å². The van der Waals surface area contributed by atoms with E-state index in [9.17, 15) is 4.79 Å².